The lowest BCUT2D eigenvalue weighted by Crippen LogP contribution is -2.26. The number of hydrogen-bond acceptors (Lipinski definition) is 3. The molecule has 2 rings (SSSR count). The van der Waals surface area contributed by atoms with Gasteiger partial charge in [-0.1, -0.05) is 24.0 Å². The van der Waals surface area contributed by atoms with Crippen LogP contribution in [0.5, 0.6) is 0 Å². The molecule has 4 heteroatoms. The summed E-state index contributed by atoms with van der Waals surface area (Å²) in [5.41, 5.74) is 4.75. The summed E-state index contributed by atoms with van der Waals surface area (Å²) >= 11 is 2.32. The van der Waals surface area contributed by atoms with E-state index in [-0.39, 0.29) is 0 Å². The van der Waals surface area contributed by atoms with E-state index in [0.717, 1.165) is 50.8 Å². The summed E-state index contributed by atoms with van der Waals surface area (Å²) in [5.74, 6) is 6.69. The summed E-state index contributed by atoms with van der Waals surface area (Å²) < 4.78 is 1.22. The summed E-state index contributed by atoms with van der Waals surface area (Å²) in [6, 6.07) is 8.50. The molecule has 1 aliphatic rings. The molecule has 148 valence electrons. The van der Waals surface area contributed by atoms with Crippen LogP contribution in [-0.4, -0.2) is 32.9 Å². The smallest absolute Gasteiger partial charge is 0.0364 e. The molecule has 0 saturated heterocycles. The summed E-state index contributed by atoms with van der Waals surface area (Å²) in [5, 5.41) is 3.18. The minimum Gasteiger partial charge on any atom is -0.373 e. The number of nitrogens with zero attached hydrogens (tertiary/aromatic N) is 2. The zero-order valence-corrected chi connectivity index (χ0v) is 19.1. The van der Waals surface area contributed by atoms with Crippen LogP contribution in [0.4, 0.5) is 5.69 Å². The first-order valence-corrected chi connectivity index (χ1v) is 10.9. The van der Waals surface area contributed by atoms with Crippen molar-refractivity contribution >= 4 is 34.0 Å². The van der Waals surface area contributed by atoms with Crippen molar-refractivity contribution < 1.29 is 0 Å². The van der Waals surface area contributed by atoms with Crippen LogP contribution in [0, 0.1) is 11.8 Å². The van der Waals surface area contributed by atoms with Crippen LogP contribution < -0.4 is 10.2 Å². The Kier molecular flexibility index (Phi) is 10.1. The van der Waals surface area contributed by atoms with Crippen LogP contribution in [0.25, 0.3) is 0 Å². The number of aliphatic imine (C=N–C) groups is 1. The molecule has 1 aliphatic carbocycles. The topological polar surface area (TPSA) is 27.6 Å². The van der Waals surface area contributed by atoms with Crippen molar-refractivity contribution in [1.82, 2.24) is 5.32 Å². The fourth-order valence-corrected chi connectivity index (χ4v) is 3.32. The first-order valence-electron chi connectivity index (χ1n) is 9.80. The third-order valence-corrected chi connectivity index (χ3v) is 5.31. The van der Waals surface area contributed by atoms with Gasteiger partial charge in [-0.15, -0.1) is 6.58 Å². The van der Waals surface area contributed by atoms with Gasteiger partial charge in [0.15, 0.2) is 0 Å². The Labute approximate surface area is 183 Å². The maximum Gasteiger partial charge on any atom is 0.0364 e. The molecule has 0 heterocycles. The standard InChI is InChI=1S/C24H30IN3/c1-4-6-22(25)19-27-23-8-5-7-20(11-14-23)9-10-21-12-15-24(16-13-21)28(3)18-17-26-2/h4,11-13,15-16,19,26H,1,5-8,14,17-18H2,2-3H3/b22-19+,27-23-. The van der Waals surface area contributed by atoms with Gasteiger partial charge in [0.2, 0.25) is 0 Å². The Morgan fingerprint density at radius 3 is 2.79 bits per heavy atom. The molecule has 0 amide bonds. The molecule has 0 fully saturated rings. The highest BCUT2D eigenvalue weighted by Gasteiger charge is 2.06. The monoisotopic (exact) mass is 487 g/mol. The Hall–Kier alpha value is -1.84. The molecule has 1 aromatic rings. The number of likely N-dealkylation sites (N-methyl/N-ethyl adjacent to an activating group) is 2. The predicted molar refractivity (Wildman–Crippen MR) is 131 cm³/mol. The zero-order valence-electron chi connectivity index (χ0n) is 17.0. The van der Waals surface area contributed by atoms with Crippen molar-refractivity contribution in [3.8, 4) is 11.8 Å². The third kappa shape index (κ3) is 8.04. The first kappa shape index (κ1) is 22.4. The minimum absolute atomic E-state index is 0.883. The first-order chi connectivity index (χ1) is 13.6. The van der Waals surface area contributed by atoms with Crippen molar-refractivity contribution in [1.29, 1.82) is 0 Å². The highest BCUT2D eigenvalue weighted by molar-refractivity contribution is 14.1. The maximum atomic E-state index is 4.66. The zero-order chi connectivity index (χ0) is 20.2. The van der Waals surface area contributed by atoms with E-state index >= 15 is 0 Å². The number of halogens is 1. The van der Waals surface area contributed by atoms with Gasteiger partial charge in [0.1, 0.15) is 0 Å². The second-order valence-corrected chi connectivity index (χ2v) is 8.26. The van der Waals surface area contributed by atoms with Crippen molar-refractivity contribution in [2.45, 2.75) is 32.1 Å². The summed E-state index contributed by atoms with van der Waals surface area (Å²) in [6.45, 7) is 5.73. The van der Waals surface area contributed by atoms with Gasteiger partial charge in [-0.25, -0.2) is 0 Å². The second-order valence-electron chi connectivity index (χ2n) is 6.87. The quantitative estimate of drug-likeness (QED) is 0.313. The van der Waals surface area contributed by atoms with Gasteiger partial charge in [-0.3, -0.25) is 4.99 Å². The van der Waals surface area contributed by atoms with Crippen LogP contribution in [0.1, 0.15) is 37.7 Å². The molecule has 1 N–H and O–H groups in total. The van der Waals surface area contributed by atoms with E-state index in [4.69, 9.17) is 0 Å². The van der Waals surface area contributed by atoms with Crippen molar-refractivity contribution in [3.05, 3.63) is 63.9 Å². The van der Waals surface area contributed by atoms with E-state index < -0.39 is 0 Å². The van der Waals surface area contributed by atoms with E-state index in [2.05, 4.69) is 93.6 Å². The minimum atomic E-state index is 0.883. The van der Waals surface area contributed by atoms with E-state index in [1.54, 1.807) is 0 Å². The number of rotatable bonds is 7. The second kappa shape index (κ2) is 12.6. The summed E-state index contributed by atoms with van der Waals surface area (Å²) in [6.07, 6.45) is 11.1. The molecule has 0 atom stereocenters. The average Bonchev–Trinajstić information content (AvgIpc) is 2.95. The molecule has 0 unspecified atom stereocenters. The van der Waals surface area contributed by atoms with Gasteiger partial charge >= 0.3 is 0 Å². The average molecular weight is 487 g/mol. The lowest BCUT2D eigenvalue weighted by Gasteiger charge is -2.18. The Morgan fingerprint density at radius 1 is 1.29 bits per heavy atom. The lowest BCUT2D eigenvalue weighted by atomic mass is 10.1. The normalized spacial score (nSPS) is 16.0. The molecule has 28 heavy (non-hydrogen) atoms. The number of allylic oxidation sites excluding steroid dienone is 4. The molecular weight excluding hydrogens is 457 g/mol. The molecule has 0 radical (unpaired) electrons. The van der Waals surface area contributed by atoms with Crippen LogP contribution >= 0.6 is 22.6 Å². The van der Waals surface area contributed by atoms with Crippen molar-refractivity contribution in [3.63, 3.8) is 0 Å². The van der Waals surface area contributed by atoms with Gasteiger partial charge in [0.05, 0.1) is 0 Å². The molecule has 0 bridgehead atoms. The lowest BCUT2D eigenvalue weighted by molar-refractivity contribution is 0.768. The van der Waals surface area contributed by atoms with E-state index in [9.17, 15) is 0 Å². The molecule has 0 saturated carbocycles. The third-order valence-electron chi connectivity index (χ3n) is 4.59. The van der Waals surface area contributed by atoms with E-state index in [1.165, 1.54) is 20.6 Å². The van der Waals surface area contributed by atoms with E-state index in [0.29, 0.717) is 0 Å². The van der Waals surface area contributed by atoms with E-state index in [1.807, 2.05) is 19.3 Å². The highest BCUT2D eigenvalue weighted by Crippen LogP contribution is 2.18. The number of nitrogens with one attached hydrogen (secondary N) is 1. The summed E-state index contributed by atoms with van der Waals surface area (Å²) in [7, 11) is 4.09. The molecule has 3 nitrogen and oxygen atoms in total. The van der Waals surface area contributed by atoms with Crippen molar-refractivity contribution in [2.24, 2.45) is 4.99 Å². The number of hydrogen-bond donors (Lipinski definition) is 1. The van der Waals surface area contributed by atoms with Crippen LogP contribution in [-0.2, 0) is 0 Å². The fraction of sp³-hybridized carbons (Fsp3) is 0.375. The van der Waals surface area contributed by atoms with Gasteiger partial charge in [0, 0.05) is 53.3 Å². The van der Waals surface area contributed by atoms with Gasteiger partial charge in [-0.05, 0) is 85.2 Å². The Morgan fingerprint density at radius 2 is 2.07 bits per heavy atom. The van der Waals surface area contributed by atoms with Gasteiger partial charge < -0.3 is 10.2 Å². The molecule has 1 aromatic carbocycles. The molecule has 0 aromatic heterocycles. The molecule has 0 aliphatic heterocycles. The SMILES string of the molecule is C=CC/C(I)=C\N=C1/CC=C(C#Cc2ccc(N(C)CCNC)cc2)CCC1. The highest BCUT2D eigenvalue weighted by atomic mass is 127. The molecular formula is C24H30IN3. The van der Waals surface area contributed by atoms with Crippen LogP contribution in [0.3, 0.4) is 0 Å². The largest absolute Gasteiger partial charge is 0.373 e. The fourth-order valence-electron chi connectivity index (χ4n) is 2.87. The predicted octanol–water partition coefficient (Wildman–Crippen LogP) is 5.49. The number of anilines is 1. The summed E-state index contributed by atoms with van der Waals surface area (Å²) in [4.78, 5) is 6.90. The van der Waals surface area contributed by atoms with Gasteiger partial charge in [0.25, 0.3) is 0 Å². The number of benzene rings is 1. The molecule has 0 spiro atoms. The Bertz CT molecular complexity index is 791. The van der Waals surface area contributed by atoms with Crippen LogP contribution in [0.2, 0.25) is 0 Å². The van der Waals surface area contributed by atoms with Crippen molar-refractivity contribution in [2.75, 3.05) is 32.1 Å². The van der Waals surface area contributed by atoms with Gasteiger partial charge in [-0.2, -0.15) is 0 Å². The maximum absolute atomic E-state index is 4.66. The van der Waals surface area contributed by atoms with Crippen LogP contribution in [0.15, 0.2) is 63.3 Å². The Balaban J connectivity index is 1.98.